The van der Waals surface area contributed by atoms with Crippen LogP contribution in [0.2, 0.25) is 20.1 Å². The maximum absolute atomic E-state index is 11.8. The number of halogens is 4. The molecule has 6 N–H and O–H groups in total. The van der Waals surface area contributed by atoms with Crippen LogP contribution in [-0.4, -0.2) is 23.9 Å². The van der Waals surface area contributed by atoms with Crippen LogP contribution in [0.4, 0.5) is 21.0 Å². The van der Waals surface area contributed by atoms with Crippen LogP contribution in [-0.2, 0) is 9.59 Å². The molecular weight excluding hydrogens is 518 g/mol. The summed E-state index contributed by atoms with van der Waals surface area (Å²) in [6.07, 6.45) is 0.0791. The van der Waals surface area contributed by atoms with Gasteiger partial charge in [-0.05, 0) is 42.8 Å². The fourth-order valence-electron chi connectivity index (χ4n) is 2.26. The number of anilines is 2. The third kappa shape index (κ3) is 9.62. The van der Waals surface area contributed by atoms with Crippen molar-refractivity contribution in [2.75, 3.05) is 10.6 Å². The van der Waals surface area contributed by atoms with E-state index in [9.17, 15) is 19.2 Å². The third-order valence-electron chi connectivity index (χ3n) is 3.79. The van der Waals surface area contributed by atoms with Gasteiger partial charge in [-0.2, -0.15) is 0 Å². The van der Waals surface area contributed by atoms with Crippen molar-refractivity contribution >= 4 is 81.7 Å². The monoisotopic (exact) mass is 534 g/mol. The van der Waals surface area contributed by atoms with Gasteiger partial charge in [0.25, 0.3) is 0 Å². The molecule has 0 fully saturated rings. The Morgan fingerprint density at radius 3 is 1.33 bits per heavy atom. The second-order valence-corrected chi connectivity index (χ2v) is 7.99. The Labute approximate surface area is 208 Å². The van der Waals surface area contributed by atoms with Crippen LogP contribution in [0.3, 0.4) is 0 Å². The van der Waals surface area contributed by atoms with Gasteiger partial charge in [0.05, 0.1) is 20.1 Å². The lowest BCUT2D eigenvalue weighted by atomic mass is 10.2. The van der Waals surface area contributed by atoms with E-state index in [0.29, 0.717) is 21.4 Å². The lowest BCUT2D eigenvalue weighted by molar-refractivity contribution is -0.123. The predicted molar refractivity (Wildman–Crippen MR) is 127 cm³/mol. The molecule has 0 unspecified atom stereocenters. The summed E-state index contributed by atoms with van der Waals surface area (Å²) in [5, 5.41) is 6.11. The summed E-state index contributed by atoms with van der Waals surface area (Å²) in [5.74, 6) is -1.03. The molecule has 0 bridgehead atoms. The molecule has 0 aromatic heterocycles. The lowest BCUT2D eigenvalue weighted by Crippen LogP contribution is -2.44. The summed E-state index contributed by atoms with van der Waals surface area (Å²) in [6.45, 7) is 0. The minimum Gasteiger partial charge on any atom is -0.307 e. The number of hydrogen-bond donors (Lipinski definition) is 6. The van der Waals surface area contributed by atoms with Crippen molar-refractivity contribution in [2.45, 2.75) is 19.3 Å². The summed E-state index contributed by atoms with van der Waals surface area (Å²) in [7, 11) is 0. The Hall–Kier alpha value is -2.92. The van der Waals surface area contributed by atoms with Gasteiger partial charge in [-0.15, -0.1) is 0 Å². The van der Waals surface area contributed by atoms with Gasteiger partial charge in [0.1, 0.15) is 0 Å². The number of urea groups is 2. The minimum atomic E-state index is -0.698. The van der Waals surface area contributed by atoms with Crippen molar-refractivity contribution < 1.29 is 19.2 Å². The first-order chi connectivity index (χ1) is 15.6. The number of carbonyl (C=O) groups excluding carboxylic acids is 4. The van der Waals surface area contributed by atoms with E-state index in [0.717, 1.165) is 0 Å². The van der Waals surface area contributed by atoms with E-state index in [4.69, 9.17) is 46.4 Å². The molecule has 6 amide bonds. The molecule has 10 nitrogen and oxygen atoms in total. The van der Waals surface area contributed by atoms with Crippen molar-refractivity contribution in [3.05, 3.63) is 56.5 Å². The van der Waals surface area contributed by atoms with Gasteiger partial charge < -0.3 is 10.6 Å². The first kappa shape index (κ1) is 26.3. The SMILES string of the molecule is O=C(CCCC(=O)NNC(=O)Nc1ccc(Cl)c(Cl)c1)NNC(=O)Nc1ccc(Cl)c(Cl)c1. The van der Waals surface area contributed by atoms with Crippen molar-refractivity contribution in [1.82, 2.24) is 21.7 Å². The molecule has 0 saturated carbocycles. The zero-order chi connectivity index (χ0) is 24.4. The second kappa shape index (κ2) is 12.9. The van der Waals surface area contributed by atoms with Gasteiger partial charge in [-0.1, -0.05) is 46.4 Å². The van der Waals surface area contributed by atoms with Crippen LogP contribution in [0.25, 0.3) is 0 Å². The Morgan fingerprint density at radius 2 is 0.970 bits per heavy atom. The average molecular weight is 536 g/mol. The van der Waals surface area contributed by atoms with Crippen LogP contribution >= 0.6 is 46.4 Å². The average Bonchev–Trinajstić information content (AvgIpc) is 2.76. The Morgan fingerprint density at radius 1 is 0.576 bits per heavy atom. The highest BCUT2D eigenvalue weighted by Gasteiger charge is 2.09. The molecule has 0 saturated heterocycles. The maximum atomic E-state index is 11.8. The Balaban J connectivity index is 1.59. The molecule has 2 rings (SSSR count). The number of hydrogen-bond acceptors (Lipinski definition) is 4. The van der Waals surface area contributed by atoms with Gasteiger partial charge >= 0.3 is 12.1 Å². The standard InChI is InChI=1S/C19H18Cl4N6O4/c20-12-6-4-10(8-14(12)22)24-18(32)28-26-16(30)2-1-3-17(31)27-29-19(33)25-11-5-7-13(21)15(23)9-11/h4-9H,1-3H2,(H,26,30)(H,27,31)(H2,24,28,32)(H2,25,29,33). The van der Waals surface area contributed by atoms with E-state index in [1.54, 1.807) is 0 Å². The molecule has 0 spiro atoms. The molecule has 0 aliphatic carbocycles. The number of nitrogens with one attached hydrogen (secondary N) is 6. The van der Waals surface area contributed by atoms with Crippen LogP contribution in [0.15, 0.2) is 36.4 Å². The zero-order valence-electron chi connectivity index (χ0n) is 16.7. The molecule has 14 heteroatoms. The first-order valence-corrected chi connectivity index (χ1v) is 10.8. The van der Waals surface area contributed by atoms with Crippen LogP contribution in [0, 0.1) is 0 Å². The highest BCUT2D eigenvalue weighted by molar-refractivity contribution is 6.42. The minimum absolute atomic E-state index is 0.0457. The molecule has 0 radical (unpaired) electrons. The number of carbonyl (C=O) groups is 4. The normalized spacial score (nSPS) is 10.1. The van der Waals surface area contributed by atoms with E-state index in [-0.39, 0.29) is 29.3 Å². The van der Waals surface area contributed by atoms with Crippen LogP contribution in [0.1, 0.15) is 19.3 Å². The van der Waals surface area contributed by atoms with Crippen molar-refractivity contribution in [2.24, 2.45) is 0 Å². The summed E-state index contributed by atoms with van der Waals surface area (Å²) in [4.78, 5) is 47.1. The van der Waals surface area contributed by atoms with E-state index in [1.807, 2.05) is 0 Å². The predicted octanol–water partition coefficient (Wildman–Crippen LogP) is 4.48. The third-order valence-corrected chi connectivity index (χ3v) is 5.27. The quantitative estimate of drug-likeness (QED) is 0.303. The Kier molecular flexibility index (Phi) is 10.3. The molecular formula is C19H18Cl4N6O4. The van der Waals surface area contributed by atoms with Gasteiger partial charge in [-0.25, -0.2) is 20.4 Å². The largest absolute Gasteiger partial charge is 0.337 e. The lowest BCUT2D eigenvalue weighted by Gasteiger charge is -2.10. The number of amides is 6. The van der Waals surface area contributed by atoms with Crippen LogP contribution < -0.4 is 32.3 Å². The van der Waals surface area contributed by atoms with Gasteiger partial charge in [0, 0.05) is 24.2 Å². The molecule has 0 atom stereocenters. The van der Waals surface area contributed by atoms with Crippen LogP contribution in [0.5, 0.6) is 0 Å². The van der Waals surface area contributed by atoms with Gasteiger partial charge in [0.15, 0.2) is 0 Å². The molecule has 2 aromatic rings. The molecule has 2 aromatic carbocycles. The van der Waals surface area contributed by atoms with E-state index in [2.05, 4.69) is 32.3 Å². The van der Waals surface area contributed by atoms with Crippen molar-refractivity contribution in [3.63, 3.8) is 0 Å². The summed E-state index contributed by atoms with van der Waals surface area (Å²) >= 11 is 23.3. The van der Waals surface area contributed by atoms with E-state index in [1.165, 1.54) is 36.4 Å². The van der Waals surface area contributed by atoms with E-state index < -0.39 is 23.9 Å². The molecule has 0 aliphatic rings. The summed E-state index contributed by atoms with van der Waals surface area (Å²) in [5.41, 5.74) is 9.48. The molecule has 0 aliphatic heterocycles. The number of rotatable bonds is 6. The summed E-state index contributed by atoms with van der Waals surface area (Å²) < 4.78 is 0. The Bertz CT molecular complexity index is 971. The summed E-state index contributed by atoms with van der Waals surface area (Å²) in [6, 6.07) is 7.59. The smallest absolute Gasteiger partial charge is 0.307 e. The fraction of sp³-hybridized carbons (Fsp3) is 0.158. The van der Waals surface area contributed by atoms with Gasteiger partial charge in [-0.3, -0.25) is 20.4 Å². The fourth-order valence-corrected chi connectivity index (χ4v) is 2.86. The number of benzene rings is 2. The van der Waals surface area contributed by atoms with Crippen molar-refractivity contribution in [3.8, 4) is 0 Å². The molecule has 176 valence electrons. The highest BCUT2D eigenvalue weighted by atomic mass is 35.5. The maximum Gasteiger partial charge on any atom is 0.337 e. The zero-order valence-corrected chi connectivity index (χ0v) is 19.8. The second-order valence-electron chi connectivity index (χ2n) is 6.37. The molecule has 0 heterocycles. The van der Waals surface area contributed by atoms with E-state index >= 15 is 0 Å². The topological polar surface area (TPSA) is 140 Å². The molecule has 33 heavy (non-hydrogen) atoms. The first-order valence-electron chi connectivity index (χ1n) is 9.26. The number of hydrazine groups is 2. The van der Waals surface area contributed by atoms with Gasteiger partial charge in [0.2, 0.25) is 11.8 Å². The van der Waals surface area contributed by atoms with Crippen molar-refractivity contribution in [1.29, 1.82) is 0 Å². The highest BCUT2D eigenvalue weighted by Crippen LogP contribution is 2.25.